The van der Waals surface area contributed by atoms with E-state index in [1.54, 1.807) is 13.1 Å². The van der Waals surface area contributed by atoms with Gasteiger partial charge in [0.15, 0.2) is 0 Å². The fourth-order valence-electron chi connectivity index (χ4n) is 2.52. The van der Waals surface area contributed by atoms with Gasteiger partial charge in [-0.3, -0.25) is 4.79 Å². The molecule has 0 amide bonds. The number of fused-ring (bicyclic) bond motifs is 1. The quantitative estimate of drug-likeness (QED) is 0.721. The molecule has 1 aliphatic rings. The first-order valence-corrected chi connectivity index (χ1v) is 6.52. The highest BCUT2D eigenvalue weighted by Gasteiger charge is 2.12. The van der Waals surface area contributed by atoms with Crippen molar-refractivity contribution in [3.05, 3.63) is 57.0 Å². The highest BCUT2D eigenvalue weighted by atomic mass is 35.5. The van der Waals surface area contributed by atoms with Crippen LogP contribution in [0.15, 0.2) is 35.1 Å². The first-order chi connectivity index (χ1) is 8.65. The van der Waals surface area contributed by atoms with Crippen LogP contribution in [0, 0.1) is 0 Å². The number of hydrogen-bond acceptors (Lipinski definition) is 1. The third kappa shape index (κ3) is 1.87. The van der Waals surface area contributed by atoms with Crippen molar-refractivity contribution in [2.24, 2.45) is 7.05 Å². The minimum absolute atomic E-state index is 0.0713. The molecule has 3 rings (SSSR count). The number of aromatic nitrogens is 1. The molecule has 3 heteroatoms. The van der Waals surface area contributed by atoms with Crippen LogP contribution >= 0.6 is 11.6 Å². The van der Waals surface area contributed by atoms with E-state index in [1.807, 2.05) is 6.07 Å². The Morgan fingerprint density at radius 1 is 1.06 bits per heavy atom. The second kappa shape index (κ2) is 4.29. The van der Waals surface area contributed by atoms with Crippen molar-refractivity contribution in [1.29, 1.82) is 0 Å². The van der Waals surface area contributed by atoms with E-state index in [0.29, 0.717) is 5.15 Å². The molecule has 18 heavy (non-hydrogen) atoms. The zero-order chi connectivity index (χ0) is 12.7. The van der Waals surface area contributed by atoms with E-state index >= 15 is 0 Å². The monoisotopic (exact) mass is 259 g/mol. The van der Waals surface area contributed by atoms with Crippen LogP contribution < -0.4 is 5.56 Å². The summed E-state index contributed by atoms with van der Waals surface area (Å²) in [5, 5.41) is 0.470. The van der Waals surface area contributed by atoms with Crippen molar-refractivity contribution < 1.29 is 0 Å². The van der Waals surface area contributed by atoms with Crippen LogP contribution in [0.4, 0.5) is 0 Å². The van der Waals surface area contributed by atoms with E-state index in [1.165, 1.54) is 28.5 Å². The molecule has 1 aromatic heterocycles. The average molecular weight is 260 g/mol. The molecule has 0 atom stereocenters. The van der Waals surface area contributed by atoms with Crippen LogP contribution in [0.25, 0.3) is 11.1 Å². The molecule has 0 N–H and O–H groups in total. The van der Waals surface area contributed by atoms with Crippen LogP contribution in [0.5, 0.6) is 0 Å². The minimum atomic E-state index is -0.0713. The maximum atomic E-state index is 11.7. The smallest absolute Gasteiger partial charge is 0.252 e. The van der Waals surface area contributed by atoms with Crippen molar-refractivity contribution in [3.63, 3.8) is 0 Å². The van der Waals surface area contributed by atoms with Crippen molar-refractivity contribution >= 4 is 11.6 Å². The summed E-state index contributed by atoms with van der Waals surface area (Å²) in [6.45, 7) is 0. The average Bonchev–Trinajstić information content (AvgIpc) is 2.82. The molecule has 0 saturated carbocycles. The molecule has 0 aliphatic heterocycles. The highest BCUT2D eigenvalue weighted by Crippen LogP contribution is 2.28. The van der Waals surface area contributed by atoms with Gasteiger partial charge in [-0.1, -0.05) is 29.8 Å². The van der Waals surface area contributed by atoms with Crippen LogP contribution in [-0.4, -0.2) is 4.57 Å². The van der Waals surface area contributed by atoms with Crippen LogP contribution in [0.2, 0.25) is 5.15 Å². The van der Waals surface area contributed by atoms with Crippen molar-refractivity contribution in [2.75, 3.05) is 0 Å². The number of aryl methyl sites for hydroxylation is 2. The topological polar surface area (TPSA) is 22.0 Å². The number of hydrogen-bond donors (Lipinski definition) is 0. The molecule has 0 radical (unpaired) electrons. The SMILES string of the molecule is Cn1c(Cl)cc(-c2ccc3c(c2)CCC3)cc1=O. The van der Waals surface area contributed by atoms with Crippen LogP contribution in [0.3, 0.4) is 0 Å². The maximum absolute atomic E-state index is 11.7. The number of halogens is 1. The highest BCUT2D eigenvalue weighted by molar-refractivity contribution is 6.29. The zero-order valence-corrected chi connectivity index (χ0v) is 11.0. The Labute approximate surface area is 111 Å². The lowest BCUT2D eigenvalue weighted by molar-refractivity contribution is 0.862. The molecule has 92 valence electrons. The fourth-order valence-corrected chi connectivity index (χ4v) is 2.72. The Morgan fingerprint density at radius 2 is 1.83 bits per heavy atom. The molecule has 0 fully saturated rings. The Kier molecular flexibility index (Phi) is 2.75. The molecule has 0 unspecified atom stereocenters. The molecule has 1 heterocycles. The van der Waals surface area contributed by atoms with Crippen molar-refractivity contribution in [2.45, 2.75) is 19.3 Å². The van der Waals surface area contributed by atoms with Gasteiger partial charge in [0, 0.05) is 13.1 Å². The fraction of sp³-hybridized carbons (Fsp3) is 0.267. The summed E-state index contributed by atoms with van der Waals surface area (Å²) < 4.78 is 1.44. The third-order valence-electron chi connectivity index (χ3n) is 3.64. The Hall–Kier alpha value is -1.54. The molecule has 2 nitrogen and oxygen atoms in total. The van der Waals surface area contributed by atoms with E-state index in [9.17, 15) is 4.79 Å². The summed E-state index contributed by atoms with van der Waals surface area (Å²) in [6, 6.07) is 9.92. The van der Waals surface area contributed by atoms with E-state index in [-0.39, 0.29) is 5.56 Å². The number of rotatable bonds is 1. The van der Waals surface area contributed by atoms with Gasteiger partial charge in [-0.2, -0.15) is 0 Å². The van der Waals surface area contributed by atoms with Crippen LogP contribution in [0.1, 0.15) is 17.5 Å². The van der Waals surface area contributed by atoms with Gasteiger partial charge < -0.3 is 4.57 Å². The summed E-state index contributed by atoms with van der Waals surface area (Å²) >= 11 is 6.05. The van der Waals surface area contributed by atoms with Crippen molar-refractivity contribution in [3.8, 4) is 11.1 Å². The van der Waals surface area contributed by atoms with Gasteiger partial charge in [-0.15, -0.1) is 0 Å². The summed E-state index contributed by atoms with van der Waals surface area (Å²) in [4.78, 5) is 11.7. The second-order valence-electron chi connectivity index (χ2n) is 4.80. The lowest BCUT2D eigenvalue weighted by atomic mass is 10.0. The molecule has 1 aromatic carbocycles. The third-order valence-corrected chi connectivity index (χ3v) is 4.00. The molecular formula is C15H14ClNO. The number of nitrogens with zero attached hydrogens (tertiary/aromatic N) is 1. The van der Waals surface area contributed by atoms with Crippen molar-refractivity contribution in [1.82, 2.24) is 4.57 Å². The van der Waals surface area contributed by atoms with E-state index < -0.39 is 0 Å². The van der Waals surface area contributed by atoms with E-state index in [2.05, 4.69) is 18.2 Å². The minimum Gasteiger partial charge on any atom is -0.302 e. The summed E-state index contributed by atoms with van der Waals surface area (Å²) in [5.41, 5.74) is 4.75. The van der Waals surface area contributed by atoms with E-state index in [4.69, 9.17) is 11.6 Å². The molecule has 0 bridgehead atoms. The molecular weight excluding hydrogens is 246 g/mol. The van der Waals surface area contributed by atoms with Gasteiger partial charge in [0.25, 0.3) is 5.56 Å². The predicted molar refractivity (Wildman–Crippen MR) is 74.2 cm³/mol. The first kappa shape index (κ1) is 11.5. The Balaban J connectivity index is 2.13. The normalized spacial score (nSPS) is 13.7. The maximum Gasteiger partial charge on any atom is 0.252 e. The lowest BCUT2D eigenvalue weighted by Gasteiger charge is -2.07. The number of benzene rings is 1. The van der Waals surface area contributed by atoms with E-state index in [0.717, 1.165) is 17.5 Å². The largest absolute Gasteiger partial charge is 0.302 e. The standard InChI is InChI=1S/C15H14ClNO/c1-17-14(16)8-13(9-15(17)18)12-6-5-10-3-2-4-11(10)7-12/h5-9H,2-4H2,1H3. The molecule has 0 spiro atoms. The summed E-state index contributed by atoms with van der Waals surface area (Å²) in [6.07, 6.45) is 3.55. The lowest BCUT2D eigenvalue weighted by Crippen LogP contribution is -2.15. The van der Waals surface area contributed by atoms with Crippen LogP contribution in [-0.2, 0) is 19.9 Å². The van der Waals surface area contributed by atoms with Gasteiger partial charge in [0.2, 0.25) is 0 Å². The van der Waals surface area contributed by atoms with Gasteiger partial charge in [-0.25, -0.2) is 0 Å². The summed E-state index contributed by atoms with van der Waals surface area (Å²) in [5.74, 6) is 0. The molecule has 0 saturated heterocycles. The van der Waals surface area contributed by atoms with Gasteiger partial charge in [0.05, 0.1) is 0 Å². The Morgan fingerprint density at radius 3 is 2.61 bits per heavy atom. The first-order valence-electron chi connectivity index (χ1n) is 6.14. The van der Waals surface area contributed by atoms with Gasteiger partial charge in [-0.05, 0) is 47.6 Å². The molecule has 2 aromatic rings. The Bertz CT molecular complexity index is 673. The van der Waals surface area contributed by atoms with Gasteiger partial charge in [0.1, 0.15) is 5.15 Å². The predicted octanol–water partition coefficient (Wildman–Crippen LogP) is 3.19. The second-order valence-corrected chi connectivity index (χ2v) is 5.19. The molecule has 1 aliphatic carbocycles. The van der Waals surface area contributed by atoms with Gasteiger partial charge >= 0.3 is 0 Å². The number of pyridine rings is 1. The zero-order valence-electron chi connectivity index (χ0n) is 10.2. The summed E-state index contributed by atoms with van der Waals surface area (Å²) in [7, 11) is 1.68.